The van der Waals surface area contributed by atoms with Gasteiger partial charge in [0, 0.05) is 48.0 Å². The second-order valence-corrected chi connectivity index (χ2v) is 15.6. The summed E-state index contributed by atoms with van der Waals surface area (Å²) in [5.41, 5.74) is 5.58. The van der Waals surface area contributed by atoms with Crippen molar-refractivity contribution in [3.63, 3.8) is 0 Å². The van der Waals surface area contributed by atoms with Crippen molar-refractivity contribution in [3.8, 4) is 34.7 Å². The molecule has 0 saturated carbocycles. The SMILES string of the molecule is Cn1c(C#N)ccc1-c1ccc2c(c1)C(C)(C)OC(=S)N2.Cn1c(C#N)ccc1-c1ccc2c(c1)C(C)(C)OC(SC1OC(C(=O)O)C(O)C(O)C1O)N2. The van der Waals surface area contributed by atoms with Crippen molar-refractivity contribution in [1.29, 1.82) is 10.5 Å². The summed E-state index contributed by atoms with van der Waals surface area (Å²) in [6.07, 6.45) is -6.60. The fourth-order valence-corrected chi connectivity index (χ4v) is 8.28. The Balaban J connectivity index is 0.000000203. The van der Waals surface area contributed by atoms with Crippen LogP contribution in [0.4, 0.5) is 11.4 Å². The molecular formula is C38H40N6O8S2. The Kier molecular flexibility index (Phi) is 10.6. The number of carbonyl (C=O) groups is 1. The topological polar surface area (TPSA) is 207 Å². The van der Waals surface area contributed by atoms with Gasteiger partial charge in [-0.3, -0.25) is 0 Å². The van der Waals surface area contributed by atoms with E-state index in [1.54, 1.807) is 6.07 Å². The van der Waals surface area contributed by atoms with E-state index in [-0.39, 0.29) is 0 Å². The number of nitrogens with one attached hydrogen (secondary N) is 2. The smallest absolute Gasteiger partial charge is 0.335 e. The predicted molar refractivity (Wildman–Crippen MR) is 205 cm³/mol. The van der Waals surface area contributed by atoms with Crippen molar-refractivity contribution in [2.75, 3.05) is 10.6 Å². The minimum atomic E-state index is -1.75. The van der Waals surface area contributed by atoms with Crippen LogP contribution in [0.2, 0.25) is 0 Å². The number of hydrogen-bond acceptors (Lipinski definition) is 12. The molecule has 1 saturated heterocycles. The average Bonchev–Trinajstić information content (AvgIpc) is 3.68. The monoisotopic (exact) mass is 772 g/mol. The fraction of sp³-hybridized carbons (Fsp3) is 0.368. The zero-order chi connectivity index (χ0) is 39.3. The Morgan fingerprint density at radius 1 is 0.815 bits per heavy atom. The molecule has 0 bridgehead atoms. The predicted octanol–water partition coefficient (Wildman–Crippen LogP) is 4.68. The fourth-order valence-electron chi connectivity index (χ4n) is 6.72. The van der Waals surface area contributed by atoms with Crippen LogP contribution in [0.3, 0.4) is 0 Å². The number of nitriles is 2. The molecule has 5 heterocycles. The molecule has 6 unspecified atom stereocenters. The molecule has 3 aliphatic rings. The highest BCUT2D eigenvalue weighted by Gasteiger charge is 2.49. The van der Waals surface area contributed by atoms with Gasteiger partial charge in [-0.25, -0.2) is 4.79 Å². The van der Waals surface area contributed by atoms with Crippen LogP contribution in [0.1, 0.15) is 50.2 Å². The van der Waals surface area contributed by atoms with Gasteiger partial charge in [0.05, 0.1) is 5.60 Å². The Bertz CT molecular complexity index is 2200. The molecule has 1 fully saturated rings. The number of carboxylic acids is 1. The molecule has 14 nitrogen and oxygen atoms in total. The summed E-state index contributed by atoms with van der Waals surface area (Å²) in [4.78, 5) is 11.4. The first-order valence-corrected chi connectivity index (χ1v) is 18.2. The van der Waals surface area contributed by atoms with Gasteiger partial charge in [0.2, 0.25) is 0 Å². The highest BCUT2D eigenvalue weighted by molar-refractivity contribution is 8.00. The van der Waals surface area contributed by atoms with E-state index in [0.717, 1.165) is 56.8 Å². The number of rotatable bonds is 5. The number of aromatic nitrogens is 2. The van der Waals surface area contributed by atoms with Gasteiger partial charge in [-0.15, -0.1) is 0 Å². The van der Waals surface area contributed by atoms with Crippen molar-refractivity contribution < 1.29 is 39.4 Å². The van der Waals surface area contributed by atoms with Crippen LogP contribution in [0.5, 0.6) is 0 Å². The number of ether oxygens (including phenoxy) is 3. The summed E-state index contributed by atoms with van der Waals surface area (Å²) < 4.78 is 20.9. The van der Waals surface area contributed by atoms with E-state index >= 15 is 0 Å². The molecule has 7 rings (SSSR count). The third kappa shape index (κ3) is 7.30. The van der Waals surface area contributed by atoms with Gasteiger partial charge >= 0.3 is 5.97 Å². The number of fused-ring (bicyclic) bond motifs is 2. The molecule has 2 aromatic carbocycles. The number of anilines is 2. The molecule has 282 valence electrons. The molecule has 0 aliphatic carbocycles. The van der Waals surface area contributed by atoms with Crippen LogP contribution in [-0.2, 0) is 44.3 Å². The maximum absolute atomic E-state index is 11.4. The Hall–Kier alpha value is -4.91. The van der Waals surface area contributed by atoms with E-state index in [1.807, 2.05) is 99.5 Å². The maximum Gasteiger partial charge on any atom is 0.335 e. The Morgan fingerprint density at radius 3 is 1.87 bits per heavy atom. The lowest BCUT2D eigenvalue weighted by Crippen LogP contribution is -2.59. The molecule has 6 N–H and O–H groups in total. The van der Waals surface area contributed by atoms with Crippen LogP contribution < -0.4 is 10.6 Å². The highest BCUT2D eigenvalue weighted by Crippen LogP contribution is 2.44. The molecule has 16 heteroatoms. The van der Waals surface area contributed by atoms with Crippen molar-refractivity contribution in [2.45, 2.75) is 74.3 Å². The minimum Gasteiger partial charge on any atom is -0.479 e. The van der Waals surface area contributed by atoms with Crippen molar-refractivity contribution in [3.05, 3.63) is 83.2 Å². The van der Waals surface area contributed by atoms with Gasteiger partial charge in [0.25, 0.3) is 5.17 Å². The van der Waals surface area contributed by atoms with Crippen LogP contribution in [0.15, 0.2) is 60.7 Å². The Morgan fingerprint density at radius 2 is 1.35 bits per heavy atom. The van der Waals surface area contributed by atoms with Crippen LogP contribution in [-0.4, -0.2) is 76.1 Å². The number of thioether (sulfide) groups is 1. The van der Waals surface area contributed by atoms with E-state index in [4.69, 9.17) is 31.7 Å². The van der Waals surface area contributed by atoms with E-state index in [9.17, 15) is 30.5 Å². The molecule has 4 aromatic rings. The van der Waals surface area contributed by atoms with Crippen molar-refractivity contribution in [1.82, 2.24) is 9.13 Å². The third-order valence-electron chi connectivity index (χ3n) is 9.73. The summed E-state index contributed by atoms with van der Waals surface area (Å²) >= 11 is 6.10. The van der Waals surface area contributed by atoms with Crippen LogP contribution in [0.25, 0.3) is 22.5 Å². The normalized spacial score (nSPS) is 24.8. The van der Waals surface area contributed by atoms with Gasteiger partial charge in [0.1, 0.15) is 52.9 Å². The molecule has 2 aromatic heterocycles. The number of benzene rings is 2. The van der Waals surface area contributed by atoms with Gasteiger partial charge in [0.15, 0.2) is 11.7 Å². The second kappa shape index (κ2) is 14.7. The summed E-state index contributed by atoms with van der Waals surface area (Å²) in [7, 11) is 3.72. The van der Waals surface area contributed by atoms with Gasteiger partial charge in [-0.2, -0.15) is 10.5 Å². The van der Waals surface area contributed by atoms with Crippen molar-refractivity contribution >= 4 is 46.5 Å². The number of aliphatic carboxylic acids is 1. The van der Waals surface area contributed by atoms with E-state index in [2.05, 4.69) is 28.8 Å². The largest absolute Gasteiger partial charge is 0.479 e. The quantitative estimate of drug-likeness (QED) is 0.153. The number of thiocarbonyl (C=S) groups is 1. The molecule has 3 aliphatic heterocycles. The van der Waals surface area contributed by atoms with E-state index in [0.29, 0.717) is 16.6 Å². The lowest BCUT2D eigenvalue weighted by atomic mass is 9.92. The number of hydrogen-bond donors (Lipinski definition) is 6. The molecule has 54 heavy (non-hydrogen) atoms. The van der Waals surface area contributed by atoms with Crippen LogP contribution >= 0.6 is 24.0 Å². The summed E-state index contributed by atoms with van der Waals surface area (Å²) in [6, 6.07) is 23.6. The van der Waals surface area contributed by atoms with E-state index in [1.165, 1.54) is 0 Å². The van der Waals surface area contributed by atoms with Gasteiger partial charge < -0.3 is 54.4 Å². The summed E-state index contributed by atoms with van der Waals surface area (Å²) in [6.45, 7) is 7.75. The first kappa shape index (κ1) is 38.8. The van der Waals surface area contributed by atoms with Gasteiger partial charge in [-0.05, 0) is 99.6 Å². The number of carboxylic acid groups (broad SMARTS) is 1. The second-order valence-electron chi connectivity index (χ2n) is 14.1. The summed E-state index contributed by atoms with van der Waals surface area (Å²) in [5, 5.41) is 64.5. The van der Waals surface area contributed by atoms with Crippen molar-refractivity contribution in [2.24, 2.45) is 14.1 Å². The minimum absolute atomic E-state index is 0.394. The number of aliphatic hydroxyl groups is 3. The molecule has 6 atom stereocenters. The lowest BCUT2D eigenvalue weighted by molar-refractivity contribution is -0.209. The highest BCUT2D eigenvalue weighted by atomic mass is 32.2. The average molecular weight is 773 g/mol. The number of nitrogens with zero attached hydrogens (tertiary/aromatic N) is 4. The lowest BCUT2D eigenvalue weighted by Gasteiger charge is -2.43. The molecule has 0 amide bonds. The summed E-state index contributed by atoms with van der Waals surface area (Å²) in [5.74, 6) is -1.44. The van der Waals surface area contributed by atoms with E-state index < -0.39 is 52.6 Å². The third-order valence-corrected chi connectivity index (χ3v) is 11.0. The Labute approximate surface area is 321 Å². The maximum atomic E-state index is 11.4. The first-order valence-electron chi connectivity index (χ1n) is 16.9. The molecule has 0 radical (unpaired) electrons. The zero-order valence-corrected chi connectivity index (χ0v) is 31.9. The van der Waals surface area contributed by atoms with Gasteiger partial charge in [-0.1, -0.05) is 23.9 Å². The standard InChI is InChI=1S/C22H25N3O7S.C16H15N3OS/c1-22(2)12-8-10(14-7-5-11(9-23)25(14)3)4-6-13(12)24-21(32-22)33-20-17(28)15(26)16(27)18(31-20)19(29)30;1-16(2)12-8-10(4-6-13(12)18-15(21)20-16)14-7-5-11(9-17)19(14)3/h4-8,15-18,20-21,24,26-28H,1-3H3,(H,29,30);4-8H,1-3H3,(H,18,21). The first-order chi connectivity index (χ1) is 25.4. The molecule has 0 spiro atoms. The number of aliphatic hydroxyl groups excluding tert-OH is 3. The molecular weight excluding hydrogens is 733 g/mol. The van der Waals surface area contributed by atoms with Crippen LogP contribution in [0, 0.1) is 22.7 Å². The zero-order valence-electron chi connectivity index (χ0n) is 30.3.